The van der Waals surface area contributed by atoms with Crippen LogP contribution in [0.5, 0.6) is 5.75 Å². The van der Waals surface area contributed by atoms with Gasteiger partial charge in [0.25, 0.3) is 0 Å². The van der Waals surface area contributed by atoms with Crippen LogP contribution >= 0.6 is 28.1 Å². The number of nitrogens with one attached hydrogen (secondary N) is 2. The van der Waals surface area contributed by atoms with E-state index in [1.54, 1.807) is 18.2 Å². The molecule has 0 saturated carbocycles. The first-order chi connectivity index (χ1) is 9.43. The predicted molar refractivity (Wildman–Crippen MR) is 82.1 cm³/mol. The van der Waals surface area contributed by atoms with Crippen molar-refractivity contribution in [2.24, 2.45) is 5.92 Å². The summed E-state index contributed by atoms with van der Waals surface area (Å²) < 4.78 is 5.57. The fourth-order valence-electron chi connectivity index (χ4n) is 2.12. The first-order valence-electron chi connectivity index (χ1n) is 5.76. The Labute approximate surface area is 130 Å². The van der Waals surface area contributed by atoms with Crippen LogP contribution in [0.25, 0.3) is 0 Å². The van der Waals surface area contributed by atoms with E-state index >= 15 is 0 Å². The topological polar surface area (TPSA) is 70.6 Å². The van der Waals surface area contributed by atoms with Crippen molar-refractivity contribution in [3.05, 3.63) is 40.5 Å². The number of phenolic OH excluding ortho intramolecular Hbond substituents is 1. The molecule has 0 aromatic heterocycles. The molecule has 0 unspecified atom stereocenters. The quantitative estimate of drug-likeness (QED) is 0.556. The monoisotopic (exact) mass is 356 g/mol. The number of benzene rings is 1. The first kappa shape index (κ1) is 14.8. The SMILES string of the molecule is C=C1NC(=S)N[C@H](c2cc(O)ccc2Br)[C@H]1C(=O)OC. The number of phenols is 1. The highest BCUT2D eigenvalue weighted by atomic mass is 79.9. The lowest BCUT2D eigenvalue weighted by molar-refractivity contribution is -0.145. The minimum atomic E-state index is -0.648. The number of carbonyl (C=O) groups is 1. The third-order valence-corrected chi connectivity index (χ3v) is 3.98. The molecular weight excluding hydrogens is 344 g/mol. The summed E-state index contributed by atoms with van der Waals surface area (Å²) in [6.07, 6.45) is 0. The zero-order valence-corrected chi connectivity index (χ0v) is 13.0. The summed E-state index contributed by atoms with van der Waals surface area (Å²) >= 11 is 8.51. The number of carbonyl (C=O) groups excluding carboxylic acids is 1. The zero-order valence-electron chi connectivity index (χ0n) is 10.6. The average molecular weight is 357 g/mol. The van der Waals surface area contributed by atoms with E-state index in [-0.39, 0.29) is 5.75 Å². The van der Waals surface area contributed by atoms with E-state index in [2.05, 4.69) is 33.1 Å². The number of ether oxygens (including phenoxy) is 1. The van der Waals surface area contributed by atoms with E-state index in [0.717, 1.165) is 4.47 Å². The molecule has 3 N–H and O–H groups in total. The van der Waals surface area contributed by atoms with Crippen molar-refractivity contribution >= 4 is 39.2 Å². The molecule has 0 spiro atoms. The Morgan fingerprint density at radius 1 is 1.55 bits per heavy atom. The summed E-state index contributed by atoms with van der Waals surface area (Å²) in [5.74, 6) is -0.980. The summed E-state index contributed by atoms with van der Waals surface area (Å²) in [6, 6.07) is 4.35. The first-order valence-corrected chi connectivity index (χ1v) is 6.96. The van der Waals surface area contributed by atoms with Crippen molar-refractivity contribution < 1.29 is 14.6 Å². The smallest absolute Gasteiger partial charge is 0.317 e. The molecule has 2 atom stereocenters. The Bertz CT molecular complexity index is 591. The van der Waals surface area contributed by atoms with E-state index in [9.17, 15) is 9.90 Å². The molecule has 106 valence electrons. The third kappa shape index (κ3) is 2.78. The molecule has 0 aliphatic carbocycles. The zero-order chi connectivity index (χ0) is 14.9. The second-order valence-corrected chi connectivity index (χ2v) is 5.57. The van der Waals surface area contributed by atoms with Gasteiger partial charge in [-0.1, -0.05) is 22.5 Å². The maximum atomic E-state index is 12.0. The number of aromatic hydroxyl groups is 1. The lowest BCUT2D eigenvalue weighted by atomic mass is 9.89. The van der Waals surface area contributed by atoms with Gasteiger partial charge in [-0.25, -0.2) is 0 Å². The number of thiocarbonyl (C=S) groups is 1. The van der Waals surface area contributed by atoms with E-state index in [1.165, 1.54) is 7.11 Å². The summed E-state index contributed by atoms with van der Waals surface area (Å²) in [6.45, 7) is 3.83. The Balaban J connectivity index is 2.48. The van der Waals surface area contributed by atoms with Gasteiger partial charge in [0.2, 0.25) is 0 Å². The summed E-state index contributed by atoms with van der Waals surface area (Å²) in [7, 11) is 1.32. The molecule has 1 aromatic rings. The molecular formula is C13H13BrN2O3S. The highest BCUT2D eigenvalue weighted by molar-refractivity contribution is 9.10. The molecule has 1 aliphatic heterocycles. The standard InChI is InChI=1S/C13H13BrN2O3S/c1-6-10(12(18)19-2)11(16-13(20)15-6)8-5-7(17)3-4-9(8)14/h3-5,10-11,17H,1H2,2H3,(H2,15,16,20)/t10-,11+/m0/s1. The van der Waals surface area contributed by atoms with Crippen molar-refractivity contribution in [2.45, 2.75) is 6.04 Å². The van der Waals surface area contributed by atoms with Crippen LogP contribution in [0.15, 0.2) is 34.9 Å². The number of rotatable bonds is 2. The minimum absolute atomic E-state index is 0.101. The minimum Gasteiger partial charge on any atom is -0.508 e. The van der Waals surface area contributed by atoms with Gasteiger partial charge in [0.1, 0.15) is 11.7 Å². The summed E-state index contributed by atoms with van der Waals surface area (Å²) in [4.78, 5) is 12.0. The average Bonchev–Trinajstić information content (AvgIpc) is 2.40. The van der Waals surface area contributed by atoms with Crippen LogP contribution in [0.3, 0.4) is 0 Å². The second-order valence-electron chi connectivity index (χ2n) is 4.31. The van der Waals surface area contributed by atoms with Crippen molar-refractivity contribution in [3.63, 3.8) is 0 Å². The molecule has 2 rings (SSSR count). The van der Waals surface area contributed by atoms with Gasteiger partial charge < -0.3 is 20.5 Å². The molecule has 1 aliphatic rings. The molecule has 1 aromatic carbocycles. The molecule has 20 heavy (non-hydrogen) atoms. The van der Waals surface area contributed by atoms with Gasteiger partial charge in [-0.05, 0) is 36.0 Å². The van der Waals surface area contributed by atoms with Gasteiger partial charge in [0.15, 0.2) is 5.11 Å². The second kappa shape index (κ2) is 5.80. The molecule has 5 nitrogen and oxygen atoms in total. The maximum absolute atomic E-state index is 12.0. The Hall–Kier alpha value is -1.60. The van der Waals surface area contributed by atoms with Crippen molar-refractivity contribution in [1.29, 1.82) is 0 Å². The molecule has 1 heterocycles. The molecule has 0 radical (unpaired) electrons. The van der Waals surface area contributed by atoms with Crippen LogP contribution in [0, 0.1) is 5.92 Å². The Morgan fingerprint density at radius 2 is 2.25 bits per heavy atom. The van der Waals surface area contributed by atoms with Crippen molar-refractivity contribution in [1.82, 2.24) is 10.6 Å². The molecule has 1 fully saturated rings. The normalized spacial score (nSPS) is 21.9. The van der Waals surface area contributed by atoms with Gasteiger partial charge in [0.05, 0.1) is 13.2 Å². The van der Waals surface area contributed by atoms with Crippen LogP contribution < -0.4 is 10.6 Å². The van der Waals surface area contributed by atoms with Gasteiger partial charge in [-0.15, -0.1) is 0 Å². The van der Waals surface area contributed by atoms with E-state index in [0.29, 0.717) is 16.4 Å². The maximum Gasteiger partial charge on any atom is 0.317 e. The van der Waals surface area contributed by atoms with Gasteiger partial charge in [-0.3, -0.25) is 4.79 Å². The van der Waals surface area contributed by atoms with E-state index < -0.39 is 17.9 Å². The van der Waals surface area contributed by atoms with E-state index in [1.807, 2.05) is 0 Å². The van der Waals surface area contributed by atoms with Gasteiger partial charge in [-0.2, -0.15) is 0 Å². The van der Waals surface area contributed by atoms with Crippen LogP contribution in [0.1, 0.15) is 11.6 Å². The lowest BCUT2D eigenvalue weighted by Crippen LogP contribution is -2.50. The highest BCUT2D eigenvalue weighted by Gasteiger charge is 2.38. The van der Waals surface area contributed by atoms with Gasteiger partial charge >= 0.3 is 5.97 Å². The summed E-state index contributed by atoms with van der Waals surface area (Å²) in [5.41, 5.74) is 1.16. The number of esters is 1. The largest absolute Gasteiger partial charge is 0.508 e. The van der Waals surface area contributed by atoms with Gasteiger partial charge in [0, 0.05) is 10.2 Å². The Morgan fingerprint density at radius 3 is 2.90 bits per heavy atom. The number of hydrogen-bond acceptors (Lipinski definition) is 4. The van der Waals surface area contributed by atoms with Crippen LogP contribution in [0.2, 0.25) is 0 Å². The third-order valence-electron chi connectivity index (χ3n) is 3.04. The van der Waals surface area contributed by atoms with E-state index in [4.69, 9.17) is 17.0 Å². The predicted octanol–water partition coefficient (Wildman–Crippen LogP) is 1.98. The number of halogens is 1. The van der Waals surface area contributed by atoms with Crippen LogP contribution in [-0.4, -0.2) is 23.3 Å². The fraction of sp³-hybridized carbons (Fsp3) is 0.231. The van der Waals surface area contributed by atoms with Crippen molar-refractivity contribution in [2.75, 3.05) is 7.11 Å². The van der Waals surface area contributed by atoms with Crippen molar-refractivity contribution in [3.8, 4) is 5.75 Å². The summed E-state index contributed by atoms with van der Waals surface area (Å²) in [5, 5.41) is 15.9. The molecule has 1 saturated heterocycles. The fourth-order valence-corrected chi connectivity index (χ4v) is 2.87. The molecule has 7 heteroatoms. The highest BCUT2D eigenvalue weighted by Crippen LogP contribution is 2.35. The number of hydrogen-bond donors (Lipinski definition) is 3. The Kier molecular flexibility index (Phi) is 4.29. The number of methoxy groups -OCH3 is 1. The van der Waals surface area contributed by atoms with Crippen LogP contribution in [-0.2, 0) is 9.53 Å². The molecule has 0 amide bonds. The lowest BCUT2D eigenvalue weighted by Gasteiger charge is -2.35. The molecule has 0 bridgehead atoms. The van der Waals surface area contributed by atoms with Crippen LogP contribution in [0.4, 0.5) is 0 Å².